The van der Waals surface area contributed by atoms with Crippen LogP contribution >= 0.6 is 0 Å². The number of carbonyl (C=O) groups excluding carboxylic acids is 1. The molecule has 1 saturated carbocycles. The highest BCUT2D eigenvalue weighted by molar-refractivity contribution is 5.89. The molecule has 1 saturated heterocycles. The van der Waals surface area contributed by atoms with E-state index in [1.165, 1.54) is 22.8 Å². The first-order valence-electron chi connectivity index (χ1n) is 13.5. The van der Waals surface area contributed by atoms with E-state index in [0.29, 0.717) is 12.4 Å². The van der Waals surface area contributed by atoms with Gasteiger partial charge in [-0.1, -0.05) is 12.6 Å². The zero-order valence-electron chi connectivity index (χ0n) is 22.3. The zero-order chi connectivity index (χ0) is 27.3. The largest absolute Gasteiger partial charge is 0.352 e. The molecule has 10 heteroatoms. The Kier molecular flexibility index (Phi) is 5.69. The molecule has 2 fully saturated rings. The number of hydrogen-bond acceptors (Lipinski definition) is 8. The van der Waals surface area contributed by atoms with E-state index in [9.17, 15) is 4.79 Å². The molecule has 1 amide bonds. The number of hydrogen-bond donors (Lipinski definition) is 1. The molecule has 0 atom stereocenters. The lowest BCUT2D eigenvalue weighted by Gasteiger charge is -2.42. The topological polar surface area (TPSA) is 104 Å². The van der Waals surface area contributed by atoms with Gasteiger partial charge in [0.15, 0.2) is 11.5 Å². The molecule has 0 radical (unpaired) electrons. The normalized spacial score (nSPS) is 16.0. The van der Waals surface area contributed by atoms with E-state index in [-0.39, 0.29) is 11.4 Å². The highest BCUT2D eigenvalue weighted by Gasteiger charge is 2.52. The van der Waals surface area contributed by atoms with E-state index in [4.69, 9.17) is 4.98 Å². The number of fused-ring (bicyclic) bond motifs is 2. The summed E-state index contributed by atoms with van der Waals surface area (Å²) in [6, 6.07) is 14.5. The third kappa shape index (κ3) is 4.31. The van der Waals surface area contributed by atoms with Crippen molar-refractivity contribution in [2.24, 2.45) is 0 Å². The number of piperazine rings is 1. The van der Waals surface area contributed by atoms with Gasteiger partial charge in [-0.3, -0.25) is 4.79 Å². The molecule has 0 unspecified atom stereocenters. The Morgan fingerprint density at radius 1 is 1.07 bits per heavy atom. The summed E-state index contributed by atoms with van der Waals surface area (Å²) in [5, 5.41) is 7.64. The van der Waals surface area contributed by atoms with Crippen LogP contribution in [0.25, 0.3) is 16.7 Å². The monoisotopic (exact) mass is 531 g/mol. The summed E-state index contributed by atoms with van der Waals surface area (Å²) in [4.78, 5) is 34.9. The van der Waals surface area contributed by atoms with Crippen molar-refractivity contribution < 1.29 is 4.79 Å². The number of anilines is 3. The zero-order valence-corrected chi connectivity index (χ0v) is 22.3. The fourth-order valence-corrected chi connectivity index (χ4v) is 5.69. The maximum Gasteiger partial charge on any atom is 0.246 e. The molecular formula is C30H29N9O. The van der Waals surface area contributed by atoms with Gasteiger partial charge in [-0.05, 0) is 85.4 Å². The van der Waals surface area contributed by atoms with Crippen LogP contribution in [0.3, 0.4) is 0 Å². The minimum absolute atomic E-state index is 0.0150. The molecule has 200 valence electrons. The first-order chi connectivity index (χ1) is 19.5. The van der Waals surface area contributed by atoms with Crippen molar-refractivity contribution in [1.82, 2.24) is 34.4 Å². The third-order valence-electron chi connectivity index (χ3n) is 8.06. The van der Waals surface area contributed by atoms with E-state index in [1.807, 2.05) is 23.2 Å². The lowest BCUT2D eigenvalue weighted by molar-refractivity contribution is -0.129. The van der Waals surface area contributed by atoms with Crippen LogP contribution in [-0.4, -0.2) is 65.5 Å². The van der Waals surface area contributed by atoms with Crippen LogP contribution in [0.15, 0.2) is 74.0 Å². The van der Waals surface area contributed by atoms with Crippen molar-refractivity contribution in [3.05, 3.63) is 90.7 Å². The van der Waals surface area contributed by atoms with Crippen LogP contribution in [0.4, 0.5) is 17.3 Å². The predicted molar refractivity (Wildman–Crippen MR) is 154 cm³/mol. The smallest absolute Gasteiger partial charge is 0.246 e. The molecule has 2 aliphatic rings. The molecule has 1 aliphatic carbocycles. The predicted octanol–water partition coefficient (Wildman–Crippen LogP) is 4.08. The first kappa shape index (κ1) is 24.2. The first-order valence-corrected chi connectivity index (χ1v) is 13.5. The Balaban J connectivity index is 1.12. The van der Waals surface area contributed by atoms with E-state index in [0.717, 1.165) is 60.5 Å². The summed E-state index contributed by atoms with van der Waals surface area (Å²) in [5.74, 6) is 1.55. The molecule has 4 aromatic heterocycles. The highest BCUT2D eigenvalue weighted by Crippen LogP contribution is 2.45. The summed E-state index contributed by atoms with van der Waals surface area (Å²) in [7, 11) is 0. The van der Waals surface area contributed by atoms with Crippen LogP contribution in [0, 0.1) is 6.92 Å². The van der Waals surface area contributed by atoms with Crippen LogP contribution in [0.1, 0.15) is 29.5 Å². The Labute approximate surface area is 231 Å². The minimum atomic E-state index is -0.102. The van der Waals surface area contributed by atoms with Crippen molar-refractivity contribution >= 4 is 39.9 Å². The molecular weight excluding hydrogens is 502 g/mol. The number of benzene rings is 1. The maximum absolute atomic E-state index is 12.4. The van der Waals surface area contributed by atoms with Crippen LogP contribution in [0.5, 0.6) is 0 Å². The lowest BCUT2D eigenvalue weighted by atomic mass is 10.0. The number of aryl methyl sites for hydroxylation is 1. The number of rotatable bonds is 6. The quantitative estimate of drug-likeness (QED) is 0.327. The molecule has 1 aromatic carbocycles. The molecule has 7 rings (SSSR count). The lowest BCUT2D eigenvalue weighted by Crippen LogP contribution is -2.57. The van der Waals surface area contributed by atoms with Gasteiger partial charge in [-0.2, -0.15) is 5.10 Å². The van der Waals surface area contributed by atoms with Crippen molar-refractivity contribution in [3.63, 3.8) is 0 Å². The van der Waals surface area contributed by atoms with Gasteiger partial charge in [-0.25, -0.2) is 24.5 Å². The molecule has 1 spiro atoms. The van der Waals surface area contributed by atoms with Crippen LogP contribution < -0.4 is 10.2 Å². The Morgan fingerprint density at radius 2 is 1.98 bits per heavy atom. The molecule has 10 nitrogen and oxygen atoms in total. The summed E-state index contributed by atoms with van der Waals surface area (Å²) < 4.78 is 1.77. The van der Waals surface area contributed by atoms with Gasteiger partial charge in [0.05, 0.1) is 11.1 Å². The van der Waals surface area contributed by atoms with E-state index in [2.05, 4.69) is 74.1 Å². The molecule has 40 heavy (non-hydrogen) atoms. The summed E-state index contributed by atoms with van der Waals surface area (Å²) in [5.41, 5.74) is 6.79. The van der Waals surface area contributed by atoms with E-state index >= 15 is 0 Å². The van der Waals surface area contributed by atoms with E-state index in [1.54, 1.807) is 17.2 Å². The van der Waals surface area contributed by atoms with Gasteiger partial charge in [0, 0.05) is 31.5 Å². The number of nitrogens with zero attached hydrogens (tertiary/aromatic N) is 8. The van der Waals surface area contributed by atoms with Crippen LogP contribution in [-0.2, 0) is 11.2 Å². The average molecular weight is 532 g/mol. The van der Waals surface area contributed by atoms with Crippen molar-refractivity contribution in [1.29, 1.82) is 0 Å². The number of aromatic nitrogens is 6. The molecule has 1 N–H and O–H groups in total. The van der Waals surface area contributed by atoms with Gasteiger partial charge in [0.2, 0.25) is 5.91 Å². The molecule has 0 bridgehead atoms. The van der Waals surface area contributed by atoms with Gasteiger partial charge in [0.25, 0.3) is 0 Å². The van der Waals surface area contributed by atoms with Crippen molar-refractivity contribution in [3.8, 4) is 0 Å². The fraction of sp³-hybridized carbons (Fsp3) is 0.267. The number of carbonyl (C=O) groups is 1. The molecule has 1 aliphatic heterocycles. The highest BCUT2D eigenvalue weighted by atomic mass is 16.2. The van der Waals surface area contributed by atoms with Crippen molar-refractivity contribution in [2.75, 3.05) is 29.9 Å². The average Bonchev–Trinajstić information content (AvgIpc) is 3.56. The third-order valence-corrected chi connectivity index (χ3v) is 8.06. The van der Waals surface area contributed by atoms with Crippen LogP contribution in [0.2, 0.25) is 0 Å². The summed E-state index contributed by atoms with van der Waals surface area (Å²) >= 11 is 0. The molecule has 5 heterocycles. The SMILES string of the molecule is C=CC(=O)N1CCN(c2ccc3ncnc(Nc4ccc(Cc5ccn6ncnc6c5)c(C)c4)c3n2)CC12CC2. The minimum Gasteiger partial charge on any atom is -0.352 e. The summed E-state index contributed by atoms with van der Waals surface area (Å²) in [6.07, 6.45) is 9.32. The molecule has 5 aromatic rings. The van der Waals surface area contributed by atoms with Gasteiger partial charge < -0.3 is 15.1 Å². The maximum atomic E-state index is 12.4. The van der Waals surface area contributed by atoms with Gasteiger partial charge in [0.1, 0.15) is 24.0 Å². The van der Waals surface area contributed by atoms with Crippen molar-refractivity contribution in [2.45, 2.75) is 31.7 Å². The fourth-order valence-electron chi connectivity index (χ4n) is 5.69. The summed E-state index contributed by atoms with van der Waals surface area (Å²) in [6.45, 7) is 7.96. The Morgan fingerprint density at radius 3 is 2.80 bits per heavy atom. The Hall–Kier alpha value is -4.86. The second-order valence-electron chi connectivity index (χ2n) is 10.6. The van der Waals surface area contributed by atoms with Gasteiger partial charge >= 0.3 is 0 Å². The Bertz CT molecular complexity index is 1770. The second kappa shape index (κ2) is 9.41. The van der Waals surface area contributed by atoms with Gasteiger partial charge in [-0.15, -0.1) is 0 Å². The second-order valence-corrected chi connectivity index (χ2v) is 10.6. The number of pyridine rings is 2. The number of nitrogens with one attached hydrogen (secondary N) is 1. The standard InChI is InChI=1S/C30H29N9O/c1-3-27(40)38-13-12-37(17-30(38)9-10-30)25-7-6-24-28(36-25)29(33-18-31-24)35-23-5-4-22(20(2)14-23)15-21-8-11-39-26(16-21)32-19-34-39/h3-8,11,14,16,18-19H,1,9-10,12-13,15,17H2,2H3,(H,31,33,35). The van der Waals surface area contributed by atoms with E-state index < -0.39 is 0 Å². The number of amides is 1.